The lowest BCUT2D eigenvalue weighted by Crippen LogP contribution is -2.39. The van der Waals surface area contributed by atoms with Crippen LogP contribution in [0.25, 0.3) is 5.65 Å². The first kappa shape index (κ1) is 15.5. The second kappa shape index (κ2) is 6.38. The van der Waals surface area contributed by atoms with Gasteiger partial charge in [0.2, 0.25) is 10.0 Å². The van der Waals surface area contributed by atoms with Crippen molar-refractivity contribution >= 4 is 15.7 Å². The Balaban J connectivity index is 1.85. The molecule has 5 nitrogen and oxygen atoms in total. The molecule has 1 fully saturated rings. The molecule has 3 rings (SSSR count). The fourth-order valence-electron chi connectivity index (χ4n) is 3.24. The van der Waals surface area contributed by atoms with Gasteiger partial charge in [-0.3, -0.25) is 0 Å². The summed E-state index contributed by atoms with van der Waals surface area (Å²) in [6.45, 7) is 2.79. The predicted octanol–water partition coefficient (Wildman–Crippen LogP) is 2.82. The van der Waals surface area contributed by atoms with Crippen LogP contribution in [0.3, 0.4) is 0 Å². The van der Waals surface area contributed by atoms with E-state index in [-0.39, 0.29) is 5.25 Å². The Hall–Kier alpha value is -1.40. The number of rotatable bonds is 5. The Morgan fingerprint density at radius 2 is 2.05 bits per heavy atom. The third-order valence-electron chi connectivity index (χ3n) is 4.52. The van der Waals surface area contributed by atoms with Gasteiger partial charge < -0.3 is 4.40 Å². The van der Waals surface area contributed by atoms with E-state index in [0.717, 1.165) is 43.4 Å². The fraction of sp³-hybridized carbons (Fsp3) is 0.562. The van der Waals surface area contributed by atoms with Crippen LogP contribution in [0.1, 0.15) is 44.7 Å². The topological polar surface area (TPSA) is 54.7 Å². The summed E-state index contributed by atoms with van der Waals surface area (Å²) in [5.41, 5.74) is 1.76. The van der Waals surface area contributed by atoms with E-state index in [1.807, 2.05) is 35.7 Å². The van der Waals surface area contributed by atoms with Crippen molar-refractivity contribution in [3.05, 3.63) is 36.3 Å². The van der Waals surface area contributed by atoms with Gasteiger partial charge in [-0.15, -0.1) is 0 Å². The minimum atomic E-state index is -3.23. The predicted molar refractivity (Wildman–Crippen MR) is 87.1 cm³/mol. The van der Waals surface area contributed by atoms with Crippen LogP contribution in [0.15, 0.2) is 30.6 Å². The average molecular weight is 321 g/mol. The van der Waals surface area contributed by atoms with Crippen LogP contribution in [0.2, 0.25) is 0 Å². The molecule has 0 atom stereocenters. The summed E-state index contributed by atoms with van der Waals surface area (Å²) in [5.74, 6) is 0. The van der Waals surface area contributed by atoms with Gasteiger partial charge in [-0.1, -0.05) is 32.3 Å². The van der Waals surface area contributed by atoms with E-state index in [4.69, 9.17) is 0 Å². The number of aromatic nitrogens is 2. The van der Waals surface area contributed by atoms with Crippen molar-refractivity contribution in [2.45, 2.75) is 50.8 Å². The smallest absolute Gasteiger partial charge is 0.217 e. The van der Waals surface area contributed by atoms with Crippen molar-refractivity contribution in [1.29, 1.82) is 0 Å². The zero-order valence-electron chi connectivity index (χ0n) is 13.0. The van der Waals surface area contributed by atoms with Crippen LogP contribution in [0.4, 0.5) is 0 Å². The molecule has 22 heavy (non-hydrogen) atoms. The summed E-state index contributed by atoms with van der Waals surface area (Å²) in [5, 5.41) is -0.208. The monoisotopic (exact) mass is 321 g/mol. The lowest BCUT2D eigenvalue weighted by atomic mass is 10.0. The van der Waals surface area contributed by atoms with Gasteiger partial charge in [0.05, 0.1) is 23.7 Å². The molecule has 1 aliphatic rings. The molecule has 0 saturated heterocycles. The molecule has 0 spiro atoms. The summed E-state index contributed by atoms with van der Waals surface area (Å²) in [6.07, 6.45) is 8.50. The SMILES string of the molecule is CCN(Cc1cnc2ccccn12)S(=O)(=O)C1CCCCC1. The average Bonchev–Trinajstić information content (AvgIpc) is 2.96. The third kappa shape index (κ3) is 2.90. The van der Waals surface area contributed by atoms with Crippen molar-refractivity contribution < 1.29 is 8.42 Å². The summed E-state index contributed by atoms with van der Waals surface area (Å²) in [6, 6.07) is 5.79. The Kier molecular flexibility index (Phi) is 4.49. The number of nitrogens with zero attached hydrogens (tertiary/aromatic N) is 3. The van der Waals surface area contributed by atoms with E-state index >= 15 is 0 Å². The van der Waals surface area contributed by atoms with E-state index in [9.17, 15) is 8.42 Å². The molecule has 1 saturated carbocycles. The van der Waals surface area contributed by atoms with Crippen LogP contribution in [-0.2, 0) is 16.6 Å². The maximum atomic E-state index is 12.9. The lowest BCUT2D eigenvalue weighted by Gasteiger charge is -2.28. The molecule has 0 N–H and O–H groups in total. The summed E-state index contributed by atoms with van der Waals surface area (Å²) in [4.78, 5) is 4.34. The highest BCUT2D eigenvalue weighted by atomic mass is 32.2. The number of hydrogen-bond acceptors (Lipinski definition) is 3. The molecular weight excluding hydrogens is 298 g/mol. The molecule has 2 aromatic rings. The summed E-state index contributed by atoms with van der Waals surface area (Å²) < 4.78 is 29.3. The molecule has 0 amide bonds. The van der Waals surface area contributed by atoms with Gasteiger partial charge in [0.25, 0.3) is 0 Å². The van der Waals surface area contributed by atoms with Crippen molar-refractivity contribution in [2.24, 2.45) is 0 Å². The van der Waals surface area contributed by atoms with Gasteiger partial charge in [-0.2, -0.15) is 4.31 Å². The number of sulfonamides is 1. The Morgan fingerprint density at radius 3 is 2.77 bits per heavy atom. The van der Waals surface area contributed by atoms with Gasteiger partial charge in [0, 0.05) is 12.7 Å². The number of imidazole rings is 1. The number of pyridine rings is 1. The zero-order valence-corrected chi connectivity index (χ0v) is 13.8. The number of hydrogen-bond donors (Lipinski definition) is 0. The highest BCUT2D eigenvalue weighted by Crippen LogP contribution is 2.27. The van der Waals surface area contributed by atoms with Crippen molar-refractivity contribution in [1.82, 2.24) is 13.7 Å². The lowest BCUT2D eigenvalue weighted by molar-refractivity contribution is 0.391. The molecule has 2 aromatic heterocycles. The molecule has 0 aromatic carbocycles. The largest absolute Gasteiger partial charge is 0.303 e. The second-order valence-electron chi connectivity index (χ2n) is 5.91. The first-order chi connectivity index (χ1) is 10.6. The molecule has 0 aliphatic heterocycles. The highest BCUT2D eigenvalue weighted by molar-refractivity contribution is 7.89. The molecule has 2 heterocycles. The molecule has 120 valence electrons. The van der Waals surface area contributed by atoms with Gasteiger partial charge in [-0.25, -0.2) is 13.4 Å². The van der Waals surface area contributed by atoms with Crippen molar-refractivity contribution in [3.63, 3.8) is 0 Å². The molecule has 6 heteroatoms. The van der Waals surface area contributed by atoms with Crippen LogP contribution >= 0.6 is 0 Å². The van der Waals surface area contributed by atoms with Gasteiger partial charge in [-0.05, 0) is 25.0 Å². The van der Waals surface area contributed by atoms with Gasteiger partial charge in [0.15, 0.2) is 0 Å². The van der Waals surface area contributed by atoms with Crippen LogP contribution < -0.4 is 0 Å². The molecule has 0 unspecified atom stereocenters. The Labute approximate surface area is 132 Å². The molecule has 0 bridgehead atoms. The minimum Gasteiger partial charge on any atom is -0.303 e. The molecule has 1 aliphatic carbocycles. The van der Waals surface area contributed by atoms with Gasteiger partial charge >= 0.3 is 0 Å². The Morgan fingerprint density at radius 1 is 1.27 bits per heavy atom. The van der Waals surface area contributed by atoms with Gasteiger partial charge in [0.1, 0.15) is 5.65 Å². The van der Waals surface area contributed by atoms with E-state index in [1.165, 1.54) is 0 Å². The Bertz CT molecular complexity index is 733. The van der Waals surface area contributed by atoms with E-state index in [0.29, 0.717) is 13.1 Å². The van der Waals surface area contributed by atoms with E-state index in [1.54, 1.807) is 10.5 Å². The number of fused-ring (bicyclic) bond motifs is 1. The van der Waals surface area contributed by atoms with E-state index < -0.39 is 10.0 Å². The van der Waals surface area contributed by atoms with Crippen LogP contribution in [0.5, 0.6) is 0 Å². The first-order valence-electron chi connectivity index (χ1n) is 8.03. The van der Waals surface area contributed by atoms with Crippen LogP contribution in [-0.4, -0.2) is 33.9 Å². The van der Waals surface area contributed by atoms with Crippen molar-refractivity contribution in [3.8, 4) is 0 Å². The third-order valence-corrected chi connectivity index (χ3v) is 6.94. The van der Waals surface area contributed by atoms with E-state index in [2.05, 4.69) is 4.98 Å². The minimum absolute atomic E-state index is 0.208. The highest BCUT2D eigenvalue weighted by Gasteiger charge is 2.32. The second-order valence-corrected chi connectivity index (χ2v) is 8.12. The fourth-order valence-corrected chi connectivity index (χ4v) is 5.26. The maximum absolute atomic E-state index is 12.9. The maximum Gasteiger partial charge on any atom is 0.217 e. The van der Waals surface area contributed by atoms with Crippen LogP contribution in [0, 0.1) is 0 Å². The normalized spacial score (nSPS) is 17.4. The standard InChI is InChI=1S/C16H23N3O2S/c1-2-18(22(20,21)15-8-4-3-5-9-15)13-14-12-17-16-10-6-7-11-19(14)16/h6-7,10-12,15H,2-5,8-9,13H2,1H3. The summed E-state index contributed by atoms with van der Waals surface area (Å²) in [7, 11) is -3.23. The molecule has 0 radical (unpaired) electrons. The zero-order chi connectivity index (χ0) is 15.6. The molecular formula is C16H23N3O2S. The van der Waals surface area contributed by atoms with Crippen molar-refractivity contribution in [2.75, 3.05) is 6.54 Å². The first-order valence-corrected chi connectivity index (χ1v) is 9.53. The quantitative estimate of drug-likeness (QED) is 0.851. The summed E-state index contributed by atoms with van der Waals surface area (Å²) >= 11 is 0.